The molecule has 0 radical (unpaired) electrons. The maximum Gasteiger partial charge on any atom is 0.337 e. The molecule has 2 aromatic rings. The first kappa shape index (κ1) is 13.7. The lowest BCUT2D eigenvalue weighted by Crippen LogP contribution is -2.15. The van der Waals surface area contributed by atoms with Crippen molar-refractivity contribution in [2.75, 3.05) is 12.4 Å². The van der Waals surface area contributed by atoms with Gasteiger partial charge in [-0.05, 0) is 31.2 Å². The summed E-state index contributed by atoms with van der Waals surface area (Å²) in [5, 5.41) is 2.67. The van der Waals surface area contributed by atoms with Crippen molar-refractivity contribution < 1.29 is 14.3 Å². The minimum Gasteiger partial charge on any atom is -0.465 e. The number of hydrogen-bond acceptors (Lipinski definition) is 5. The average molecular weight is 271 g/mol. The van der Waals surface area contributed by atoms with Gasteiger partial charge in [-0.25, -0.2) is 14.8 Å². The molecule has 20 heavy (non-hydrogen) atoms. The Kier molecular flexibility index (Phi) is 4.05. The van der Waals surface area contributed by atoms with Crippen molar-refractivity contribution in [2.24, 2.45) is 0 Å². The fraction of sp³-hybridized carbons (Fsp3) is 0.143. The number of hydrogen-bond donors (Lipinski definition) is 1. The number of esters is 1. The van der Waals surface area contributed by atoms with E-state index in [2.05, 4.69) is 20.0 Å². The molecule has 1 amide bonds. The second-order valence-corrected chi connectivity index (χ2v) is 4.02. The normalized spacial score (nSPS) is 9.90. The maximum atomic E-state index is 12.0. The fourth-order valence-corrected chi connectivity index (χ4v) is 1.62. The Labute approximate surface area is 115 Å². The number of rotatable bonds is 3. The van der Waals surface area contributed by atoms with Gasteiger partial charge in [-0.2, -0.15) is 0 Å². The van der Waals surface area contributed by atoms with E-state index in [-0.39, 0.29) is 11.6 Å². The van der Waals surface area contributed by atoms with E-state index in [4.69, 9.17) is 0 Å². The summed E-state index contributed by atoms with van der Waals surface area (Å²) in [5.74, 6) is -0.308. The van der Waals surface area contributed by atoms with Crippen molar-refractivity contribution in [3.8, 4) is 0 Å². The second-order valence-electron chi connectivity index (χ2n) is 4.02. The van der Waals surface area contributed by atoms with Crippen LogP contribution in [0.25, 0.3) is 0 Å². The summed E-state index contributed by atoms with van der Waals surface area (Å²) in [4.78, 5) is 31.4. The largest absolute Gasteiger partial charge is 0.465 e. The molecule has 0 atom stereocenters. The number of benzene rings is 1. The summed E-state index contributed by atoms with van der Waals surface area (Å²) in [6.45, 7) is 1.70. The summed E-state index contributed by atoms with van der Waals surface area (Å²) >= 11 is 0. The van der Waals surface area contributed by atoms with Gasteiger partial charge in [0.15, 0.2) is 0 Å². The molecule has 0 aliphatic rings. The first-order valence-corrected chi connectivity index (χ1v) is 5.89. The number of anilines is 1. The number of methoxy groups -OCH3 is 1. The summed E-state index contributed by atoms with van der Waals surface area (Å²) in [6, 6.07) is 8.01. The van der Waals surface area contributed by atoms with Gasteiger partial charge in [0.1, 0.15) is 11.5 Å². The molecule has 6 nitrogen and oxygen atoms in total. The highest BCUT2D eigenvalue weighted by atomic mass is 16.5. The number of carbonyl (C=O) groups is 2. The van der Waals surface area contributed by atoms with Crippen LogP contribution in [0, 0.1) is 6.92 Å². The van der Waals surface area contributed by atoms with E-state index >= 15 is 0 Å². The maximum absolute atomic E-state index is 12.0. The summed E-state index contributed by atoms with van der Waals surface area (Å²) in [7, 11) is 1.30. The van der Waals surface area contributed by atoms with E-state index in [0.29, 0.717) is 17.1 Å². The van der Waals surface area contributed by atoms with Crippen molar-refractivity contribution in [1.82, 2.24) is 9.97 Å². The Morgan fingerprint density at radius 1 is 1.25 bits per heavy atom. The average Bonchev–Trinajstić information content (AvgIpc) is 2.46. The topological polar surface area (TPSA) is 81.2 Å². The molecule has 1 heterocycles. The minimum absolute atomic E-state index is 0.265. The molecule has 1 N–H and O–H groups in total. The molecule has 0 aliphatic heterocycles. The Bertz CT molecular complexity index is 656. The van der Waals surface area contributed by atoms with Crippen molar-refractivity contribution >= 4 is 17.6 Å². The van der Waals surface area contributed by atoms with Crippen LogP contribution in [-0.4, -0.2) is 29.0 Å². The lowest BCUT2D eigenvalue weighted by atomic mass is 10.2. The van der Waals surface area contributed by atoms with Crippen LogP contribution in [0.2, 0.25) is 0 Å². The standard InChI is InChI=1S/C14H13N3O3/c1-9-15-7-6-12(16-9)13(18)17-11-5-3-4-10(8-11)14(19)20-2/h3-8H,1-2H3,(H,17,18). The van der Waals surface area contributed by atoms with Gasteiger partial charge in [0, 0.05) is 11.9 Å². The lowest BCUT2D eigenvalue weighted by Gasteiger charge is -2.06. The van der Waals surface area contributed by atoms with E-state index in [1.807, 2.05) is 0 Å². The Morgan fingerprint density at radius 3 is 2.75 bits per heavy atom. The van der Waals surface area contributed by atoms with Gasteiger partial charge in [-0.3, -0.25) is 4.79 Å². The highest BCUT2D eigenvalue weighted by Crippen LogP contribution is 2.12. The van der Waals surface area contributed by atoms with E-state index in [0.717, 1.165) is 0 Å². The first-order valence-electron chi connectivity index (χ1n) is 5.89. The van der Waals surface area contributed by atoms with Crippen LogP contribution in [0.1, 0.15) is 26.7 Å². The van der Waals surface area contributed by atoms with Crippen LogP contribution in [0.5, 0.6) is 0 Å². The van der Waals surface area contributed by atoms with Gasteiger partial charge >= 0.3 is 5.97 Å². The van der Waals surface area contributed by atoms with Crippen LogP contribution in [0.3, 0.4) is 0 Å². The Hall–Kier alpha value is -2.76. The summed E-state index contributed by atoms with van der Waals surface area (Å²) in [5.41, 5.74) is 1.12. The van der Waals surface area contributed by atoms with Crippen molar-refractivity contribution in [3.63, 3.8) is 0 Å². The molecule has 2 rings (SSSR count). The molecular weight excluding hydrogens is 258 g/mol. The van der Waals surface area contributed by atoms with Crippen molar-refractivity contribution in [2.45, 2.75) is 6.92 Å². The van der Waals surface area contributed by atoms with Crippen molar-refractivity contribution in [3.05, 3.63) is 53.6 Å². The molecule has 6 heteroatoms. The quantitative estimate of drug-likeness (QED) is 0.861. The number of aromatic nitrogens is 2. The van der Waals surface area contributed by atoms with Gasteiger partial charge < -0.3 is 10.1 Å². The second kappa shape index (κ2) is 5.92. The first-order chi connectivity index (χ1) is 9.60. The van der Waals surface area contributed by atoms with Crippen molar-refractivity contribution in [1.29, 1.82) is 0 Å². The van der Waals surface area contributed by atoms with Crippen LogP contribution in [0.15, 0.2) is 36.5 Å². The zero-order valence-electron chi connectivity index (χ0n) is 11.1. The van der Waals surface area contributed by atoms with Crippen LogP contribution in [0.4, 0.5) is 5.69 Å². The zero-order valence-corrected chi connectivity index (χ0v) is 11.1. The van der Waals surface area contributed by atoms with Crippen LogP contribution >= 0.6 is 0 Å². The minimum atomic E-state index is -0.459. The van der Waals surface area contributed by atoms with E-state index in [1.54, 1.807) is 25.1 Å². The number of ether oxygens (including phenoxy) is 1. The van der Waals surface area contributed by atoms with Gasteiger partial charge in [0.05, 0.1) is 12.7 Å². The number of nitrogens with one attached hydrogen (secondary N) is 1. The highest BCUT2D eigenvalue weighted by molar-refractivity contribution is 6.03. The zero-order chi connectivity index (χ0) is 14.5. The van der Waals surface area contributed by atoms with Crippen LogP contribution in [-0.2, 0) is 4.74 Å². The van der Waals surface area contributed by atoms with Gasteiger partial charge in [0.2, 0.25) is 0 Å². The molecule has 0 unspecified atom stereocenters. The van der Waals surface area contributed by atoms with Crippen LogP contribution < -0.4 is 5.32 Å². The van der Waals surface area contributed by atoms with E-state index in [1.165, 1.54) is 25.4 Å². The van der Waals surface area contributed by atoms with Gasteiger partial charge in [-0.15, -0.1) is 0 Å². The number of amides is 1. The molecule has 0 fully saturated rings. The molecule has 0 saturated carbocycles. The third-order valence-corrected chi connectivity index (χ3v) is 2.55. The molecule has 0 aliphatic carbocycles. The lowest BCUT2D eigenvalue weighted by molar-refractivity contribution is 0.0600. The Balaban J connectivity index is 2.18. The Morgan fingerprint density at radius 2 is 2.05 bits per heavy atom. The molecule has 1 aromatic heterocycles. The monoisotopic (exact) mass is 271 g/mol. The predicted octanol–water partition coefficient (Wildman–Crippen LogP) is 1.82. The van der Waals surface area contributed by atoms with Gasteiger partial charge in [-0.1, -0.05) is 6.07 Å². The molecule has 0 spiro atoms. The van der Waals surface area contributed by atoms with E-state index < -0.39 is 5.97 Å². The predicted molar refractivity (Wildman–Crippen MR) is 72.5 cm³/mol. The smallest absolute Gasteiger partial charge is 0.337 e. The molecule has 1 aromatic carbocycles. The summed E-state index contributed by atoms with van der Waals surface area (Å²) < 4.78 is 4.62. The molecule has 0 bridgehead atoms. The van der Waals surface area contributed by atoms with E-state index in [9.17, 15) is 9.59 Å². The summed E-state index contributed by atoms with van der Waals surface area (Å²) in [6.07, 6.45) is 1.52. The SMILES string of the molecule is COC(=O)c1cccc(NC(=O)c2ccnc(C)n2)c1. The third kappa shape index (κ3) is 3.17. The third-order valence-electron chi connectivity index (χ3n) is 2.55. The van der Waals surface area contributed by atoms with Gasteiger partial charge in [0.25, 0.3) is 5.91 Å². The molecule has 0 saturated heterocycles. The molecule has 102 valence electrons. The number of carbonyl (C=O) groups excluding carboxylic acids is 2. The fourth-order valence-electron chi connectivity index (χ4n) is 1.62. The highest BCUT2D eigenvalue weighted by Gasteiger charge is 2.10. The molecular formula is C14H13N3O3. The number of nitrogens with zero attached hydrogens (tertiary/aromatic N) is 2. The number of aryl methyl sites for hydroxylation is 1.